The zero-order valence-corrected chi connectivity index (χ0v) is 10.8. The smallest absolute Gasteiger partial charge is 0.319 e. The second-order valence-electron chi connectivity index (χ2n) is 4.70. The van der Waals surface area contributed by atoms with Gasteiger partial charge in [0.25, 0.3) is 0 Å². The van der Waals surface area contributed by atoms with Crippen LogP contribution in [0.1, 0.15) is 20.8 Å². The van der Waals surface area contributed by atoms with Crippen LogP contribution in [0.3, 0.4) is 0 Å². The molecule has 0 fully saturated rings. The summed E-state index contributed by atoms with van der Waals surface area (Å²) in [6.45, 7) is 6.33. The van der Waals surface area contributed by atoms with Gasteiger partial charge < -0.3 is 20.1 Å². The molecule has 1 aliphatic rings. The predicted octanol–water partition coefficient (Wildman–Crippen LogP) is 2.58. The Bertz CT molecular complexity index is 446. The molecule has 2 rings (SSSR count). The van der Waals surface area contributed by atoms with Gasteiger partial charge in [-0.2, -0.15) is 0 Å². The maximum Gasteiger partial charge on any atom is 0.319 e. The summed E-state index contributed by atoms with van der Waals surface area (Å²) >= 11 is 0. The zero-order valence-electron chi connectivity index (χ0n) is 10.8. The van der Waals surface area contributed by atoms with Gasteiger partial charge in [-0.15, -0.1) is 0 Å². The molecule has 98 valence electrons. The second-order valence-corrected chi connectivity index (χ2v) is 4.70. The topological polar surface area (TPSA) is 59.6 Å². The molecule has 0 aliphatic carbocycles. The lowest BCUT2D eigenvalue weighted by molar-refractivity contribution is 0.174. The van der Waals surface area contributed by atoms with Crippen LogP contribution in [0.25, 0.3) is 0 Å². The summed E-state index contributed by atoms with van der Waals surface area (Å²) in [5.74, 6) is 1.76. The Balaban J connectivity index is 1.95. The lowest BCUT2D eigenvalue weighted by atomic mass is 10.1. The van der Waals surface area contributed by atoms with Gasteiger partial charge in [0.2, 0.25) is 6.79 Å². The standard InChI is InChI=1S/C13H18N2O3/c1-8(2)9(3)14-13(16)15-10-4-5-11-12(6-10)18-7-17-11/h4-6,8-9H,7H2,1-3H3,(H2,14,15,16). The van der Waals surface area contributed by atoms with E-state index in [1.165, 1.54) is 0 Å². The third-order valence-electron chi connectivity index (χ3n) is 2.99. The monoisotopic (exact) mass is 250 g/mol. The van der Waals surface area contributed by atoms with E-state index in [1.54, 1.807) is 18.2 Å². The molecule has 2 amide bonds. The number of ether oxygens (including phenoxy) is 2. The van der Waals surface area contributed by atoms with Crippen LogP contribution < -0.4 is 20.1 Å². The molecule has 2 N–H and O–H groups in total. The van der Waals surface area contributed by atoms with Crippen molar-refractivity contribution in [3.63, 3.8) is 0 Å². The summed E-state index contributed by atoms with van der Waals surface area (Å²) in [5, 5.41) is 5.65. The fourth-order valence-electron chi connectivity index (χ4n) is 1.51. The molecule has 18 heavy (non-hydrogen) atoms. The molecule has 0 saturated heterocycles. The Labute approximate surface area is 106 Å². The molecule has 5 nitrogen and oxygen atoms in total. The molecular weight excluding hydrogens is 232 g/mol. The molecule has 0 radical (unpaired) electrons. The molecule has 5 heteroatoms. The number of carbonyl (C=O) groups excluding carboxylic acids is 1. The highest BCUT2D eigenvalue weighted by atomic mass is 16.7. The van der Waals surface area contributed by atoms with Gasteiger partial charge in [0, 0.05) is 17.8 Å². The number of fused-ring (bicyclic) bond motifs is 1. The van der Waals surface area contributed by atoms with Gasteiger partial charge in [-0.3, -0.25) is 0 Å². The van der Waals surface area contributed by atoms with Crippen LogP contribution in [-0.2, 0) is 0 Å². The molecular formula is C13H18N2O3. The Morgan fingerprint density at radius 3 is 2.67 bits per heavy atom. The molecule has 0 spiro atoms. The van der Waals surface area contributed by atoms with Gasteiger partial charge in [0.05, 0.1) is 0 Å². The largest absolute Gasteiger partial charge is 0.454 e. The van der Waals surface area contributed by atoms with E-state index in [4.69, 9.17) is 9.47 Å². The molecule has 1 unspecified atom stereocenters. The molecule has 1 aliphatic heterocycles. The van der Waals surface area contributed by atoms with Crippen molar-refractivity contribution >= 4 is 11.7 Å². The third-order valence-corrected chi connectivity index (χ3v) is 2.99. The van der Waals surface area contributed by atoms with Gasteiger partial charge in [0.1, 0.15) is 0 Å². The number of amides is 2. The van der Waals surface area contributed by atoms with Crippen molar-refractivity contribution in [2.75, 3.05) is 12.1 Å². The first-order valence-corrected chi connectivity index (χ1v) is 6.03. The van der Waals surface area contributed by atoms with E-state index in [-0.39, 0.29) is 18.9 Å². The molecule has 1 heterocycles. The highest BCUT2D eigenvalue weighted by Crippen LogP contribution is 2.34. The number of anilines is 1. The van der Waals surface area contributed by atoms with Crippen molar-refractivity contribution in [1.82, 2.24) is 5.32 Å². The molecule has 1 atom stereocenters. The van der Waals surface area contributed by atoms with Crippen LogP contribution in [-0.4, -0.2) is 18.9 Å². The molecule has 1 aromatic rings. The highest BCUT2D eigenvalue weighted by Gasteiger charge is 2.15. The van der Waals surface area contributed by atoms with Gasteiger partial charge >= 0.3 is 6.03 Å². The van der Waals surface area contributed by atoms with Crippen molar-refractivity contribution in [2.24, 2.45) is 5.92 Å². The van der Waals surface area contributed by atoms with E-state index in [9.17, 15) is 4.79 Å². The average molecular weight is 250 g/mol. The number of hydrogen-bond donors (Lipinski definition) is 2. The summed E-state index contributed by atoms with van der Waals surface area (Å²) in [6.07, 6.45) is 0. The van der Waals surface area contributed by atoms with E-state index in [0.29, 0.717) is 23.1 Å². The van der Waals surface area contributed by atoms with Crippen LogP contribution in [0, 0.1) is 5.92 Å². The predicted molar refractivity (Wildman–Crippen MR) is 69.0 cm³/mol. The van der Waals surface area contributed by atoms with Crippen LogP contribution >= 0.6 is 0 Å². The van der Waals surface area contributed by atoms with Crippen molar-refractivity contribution in [3.05, 3.63) is 18.2 Å². The Kier molecular flexibility index (Phi) is 3.60. The van der Waals surface area contributed by atoms with Crippen LogP contribution in [0.5, 0.6) is 11.5 Å². The summed E-state index contributed by atoms with van der Waals surface area (Å²) in [5.41, 5.74) is 0.688. The summed E-state index contributed by atoms with van der Waals surface area (Å²) in [7, 11) is 0. The van der Waals surface area contributed by atoms with Gasteiger partial charge in [-0.05, 0) is 25.0 Å². The van der Waals surface area contributed by atoms with Gasteiger partial charge in [-0.25, -0.2) is 4.79 Å². The third kappa shape index (κ3) is 2.85. The van der Waals surface area contributed by atoms with Crippen molar-refractivity contribution < 1.29 is 14.3 Å². The lowest BCUT2D eigenvalue weighted by Gasteiger charge is -2.17. The average Bonchev–Trinajstić information content (AvgIpc) is 2.75. The highest BCUT2D eigenvalue weighted by molar-refractivity contribution is 5.89. The minimum atomic E-state index is -0.213. The van der Waals surface area contributed by atoms with E-state index < -0.39 is 0 Å². The van der Waals surface area contributed by atoms with Crippen LogP contribution in [0.4, 0.5) is 10.5 Å². The first-order chi connectivity index (χ1) is 8.56. The summed E-state index contributed by atoms with van der Waals surface area (Å²) in [6, 6.07) is 5.23. The summed E-state index contributed by atoms with van der Waals surface area (Å²) in [4.78, 5) is 11.7. The van der Waals surface area contributed by atoms with Gasteiger partial charge in [-0.1, -0.05) is 13.8 Å². The number of rotatable bonds is 3. The maximum atomic E-state index is 11.7. The van der Waals surface area contributed by atoms with Gasteiger partial charge in [0.15, 0.2) is 11.5 Å². The quantitative estimate of drug-likeness (QED) is 0.866. The maximum absolute atomic E-state index is 11.7. The Morgan fingerprint density at radius 2 is 1.94 bits per heavy atom. The fourth-order valence-corrected chi connectivity index (χ4v) is 1.51. The second kappa shape index (κ2) is 5.16. The minimum Gasteiger partial charge on any atom is -0.454 e. The number of hydrogen-bond acceptors (Lipinski definition) is 3. The molecule has 0 bridgehead atoms. The lowest BCUT2D eigenvalue weighted by Crippen LogP contribution is -2.38. The Hall–Kier alpha value is -1.91. The van der Waals surface area contributed by atoms with Crippen molar-refractivity contribution in [1.29, 1.82) is 0 Å². The Morgan fingerprint density at radius 1 is 1.22 bits per heavy atom. The first-order valence-electron chi connectivity index (χ1n) is 6.03. The molecule has 0 saturated carbocycles. The zero-order chi connectivity index (χ0) is 13.1. The van der Waals surface area contributed by atoms with Crippen molar-refractivity contribution in [3.8, 4) is 11.5 Å². The summed E-state index contributed by atoms with van der Waals surface area (Å²) < 4.78 is 10.4. The van der Waals surface area contributed by atoms with E-state index in [0.717, 1.165) is 0 Å². The number of nitrogens with one attached hydrogen (secondary N) is 2. The van der Waals surface area contributed by atoms with Crippen LogP contribution in [0.2, 0.25) is 0 Å². The minimum absolute atomic E-state index is 0.124. The van der Waals surface area contributed by atoms with E-state index in [2.05, 4.69) is 24.5 Å². The number of benzene rings is 1. The van der Waals surface area contributed by atoms with E-state index in [1.807, 2.05) is 6.92 Å². The van der Waals surface area contributed by atoms with Crippen LogP contribution in [0.15, 0.2) is 18.2 Å². The normalized spacial score (nSPS) is 14.4. The van der Waals surface area contributed by atoms with Crippen molar-refractivity contribution in [2.45, 2.75) is 26.8 Å². The van der Waals surface area contributed by atoms with E-state index >= 15 is 0 Å². The number of urea groups is 1. The molecule has 1 aromatic carbocycles. The molecule has 0 aromatic heterocycles. The first kappa shape index (κ1) is 12.5. The SMILES string of the molecule is CC(C)C(C)NC(=O)Nc1ccc2c(c1)OCO2. The fraction of sp³-hybridized carbons (Fsp3) is 0.462. The number of carbonyl (C=O) groups is 1.